The van der Waals surface area contributed by atoms with E-state index in [9.17, 15) is 0 Å². The summed E-state index contributed by atoms with van der Waals surface area (Å²) in [6, 6.07) is 7.99. The molecule has 0 aliphatic carbocycles. The summed E-state index contributed by atoms with van der Waals surface area (Å²) in [5.41, 5.74) is 7.78. The molecule has 0 bridgehead atoms. The highest BCUT2D eigenvalue weighted by Gasteiger charge is 2.28. The van der Waals surface area contributed by atoms with Gasteiger partial charge in [-0.05, 0) is 24.3 Å². The summed E-state index contributed by atoms with van der Waals surface area (Å²) in [5.74, 6) is 1.16. The summed E-state index contributed by atoms with van der Waals surface area (Å²) in [6.07, 6.45) is 0. The Balaban J connectivity index is 2.29. The molecule has 1 aliphatic heterocycles. The lowest BCUT2D eigenvalue weighted by Crippen LogP contribution is -2.36. The van der Waals surface area contributed by atoms with Crippen LogP contribution in [0.5, 0.6) is 0 Å². The predicted molar refractivity (Wildman–Crippen MR) is 70.0 cm³/mol. The van der Waals surface area contributed by atoms with Gasteiger partial charge in [0.15, 0.2) is 0 Å². The van der Waals surface area contributed by atoms with Crippen LogP contribution in [0.25, 0.3) is 0 Å². The maximum absolute atomic E-state index is 5.70. The molecule has 1 aromatic carbocycles. The van der Waals surface area contributed by atoms with Crippen LogP contribution in [0.2, 0.25) is 0 Å². The van der Waals surface area contributed by atoms with Crippen molar-refractivity contribution in [3.8, 4) is 0 Å². The molecule has 0 amide bonds. The number of benzene rings is 1. The van der Waals surface area contributed by atoms with Crippen molar-refractivity contribution < 1.29 is 0 Å². The first kappa shape index (κ1) is 11.0. The molecule has 0 fully saturated rings. The molecule has 0 aromatic heterocycles. The average Bonchev–Trinajstić information content (AvgIpc) is 2.66. The van der Waals surface area contributed by atoms with Gasteiger partial charge in [0.25, 0.3) is 0 Å². The molecule has 0 atom stereocenters. The Hall–Kier alpha value is -1.51. The van der Waals surface area contributed by atoms with E-state index < -0.39 is 0 Å². The molecule has 0 unspecified atom stereocenters. The Labute approximate surface area is 97.0 Å². The molecule has 2 rings (SSSR count). The van der Waals surface area contributed by atoms with Crippen molar-refractivity contribution in [1.29, 1.82) is 0 Å². The molecule has 0 saturated carbocycles. The van der Waals surface area contributed by atoms with Crippen LogP contribution in [0.1, 0.15) is 20.8 Å². The normalized spacial score (nSPS) is 16.4. The van der Waals surface area contributed by atoms with Gasteiger partial charge in [-0.2, -0.15) is 0 Å². The minimum Gasteiger partial charge on any atom is -0.399 e. The molecular formula is C13H19N3. The van der Waals surface area contributed by atoms with Crippen molar-refractivity contribution in [2.75, 3.05) is 23.7 Å². The fourth-order valence-corrected chi connectivity index (χ4v) is 1.99. The maximum atomic E-state index is 5.70. The van der Waals surface area contributed by atoms with Gasteiger partial charge in [-0.3, -0.25) is 4.99 Å². The Morgan fingerprint density at radius 2 is 1.81 bits per heavy atom. The number of rotatable bonds is 1. The second kappa shape index (κ2) is 3.81. The van der Waals surface area contributed by atoms with Crippen LogP contribution in [0.15, 0.2) is 29.3 Å². The van der Waals surface area contributed by atoms with Gasteiger partial charge in [-0.25, -0.2) is 0 Å². The lowest BCUT2D eigenvalue weighted by Gasteiger charge is -2.29. The largest absolute Gasteiger partial charge is 0.399 e. The molecule has 86 valence electrons. The van der Waals surface area contributed by atoms with E-state index in [1.54, 1.807) is 0 Å². The summed E-state index contributed by atoms with van der Waals surface area (Å²) in [5, 5.41) is 0. The Morgan fingerprint density at radius 1 is 1.19 bits per heavy atom. The van der Waals surface area contributed by atoms with Crippen molar-refractivity contribution in [2.45, 2.75) is 20.8 Å². The molecule has 0 saturated heterocycles. The summed E-state index contributed by atoms with van der Waals surface area (Å²) in [4.78, 5) is 6.88. The average molecular weight is 217 g/mol. The number of anilines is 2. The van der Waals surface area contributed by atoms with Crippen molar-refractivity contribution in [3.63, 3.8) is 0 Å². The van der Waals surface area contributed by atoms with Gasteiger partial charge in [0.2, 0.25) is 0 Å². The van der Waals surface area contributed by atoms with Crippen LogP contribution in [-0.4, -0.2) is 18.9 Å². The van der Waals surface area contributed by atoms with E-state index >= 15 is 0 Å². The topological polar surface area (TPSA) is 41.6 Å². The van der Waals surface area contributed by atoms with Gasteiger partial charge < -0.3 is 10.6 Å². The van der Waals surface area contributed by atoms with Gasteiger partial charge in [-0.15, -0.1) is 0 Å². The van der Waals surface area contributed by atoms with Crippen LogP contribution in [0.3, 0.4) is 0 Å². The highest BCUT2D eigenvalue weighted by molar-refractivity contribution is 6.02. The Bertz CT molecular complexity index is 398. The van der Waals surface area contributed by atoms with E-state index in [1.165, 1.54) is 5.69 Å². The highest BCUT2D eigenvalue weighted by atomic mass is 15.2. The predicted octanol–water partition coefficient (Wildman–Crippen LogP) is 2.53. The third kappa shape index (κ3) is 2.03. The zero-order valence-electron chi connectivity index (χ0n) is 10.2. The molecular weight excluding hydrogens is 198 g/mol. The Kier molecular flexibility index (Phi) is 2.62. The third-order valence-electron chi connectivity index (χ3n) is 2.72. The van der Waals surface area contributed by atoms with E-state index in [4.69, 9.17) is 5.73 Å². The van der Waals surface area contributed by atoms with Gasteiger partial charge >= 0.3 is 0 Å². The molecule has 16 heavy (non-hydrogen) atoms. The highest BCUT2D eigenvalue weighted by Crippen LogP contribution is 2.27. The number of aliphatic imine (C=N–C) groups is 1. The molecule has 0 spiro atoms. The minimum atomic E-state index is 0.0951. The van der Waals surface area contributed by atoms with Crippen LogP contribution < -0.4 is 10.6 Å². The van der Waals surface area contributed by atoms with Gasteiger partial charge in [0, 0.05) is 23.3 Å². The van der Waals surface area contributed by atoms with E-state index in [0.717, 1.165) is 24.6 Å². The number of nitrogens with zero attached hydrogens (tertiary/aromatic N) is 2. The molecule has 0 radical (unpaired) electrons. The first-order valence-corrected chi connectivity index (χ1v) is 5.66. The van der Waals surface area contributed by atoms with Gasteiger partial charge in [0.05, 0.1) is 6.54 Å². The zero-order valence-corrected chi connectivity index (χ0v) is 10.2. The third-order valence-corrected chi connectivity index (χ3v) is 2.72. The monoisotopic (exact) mass is 217 g/mol. The molecule has 3 heteroatoms. The van der Waals surface area contributed by atoms with E-state index in [2.05, 4.69) is 42.8 Å². The van der Waals surface area contributed by atoms with Crippen LogP contribution >= 0.6 is 0 Å². The van der Waals surface area contributed by atoms with Crippen molar-refractivity contribution in [3.05, 3.63) is 24.3 Å². The van der Waals surface area contributed by atoms with Gasteiger partial charge in [0.1, 0.15) is 5.84 Å². The van der Waals surface area contributed by atoms with Crippen LogP contribution in [0, 0.1) is 5.41 Å². The summed E-state index contributed by atoms with van der Waals surface area (Å²) in [7, 11) is 0. The summed E-state index contributed by atoms with van der Waals surface area (Å²) >= 11 is 0. The molecule has 2 N–H and O–H groups in total. The SMILES string of the molecule is CC(C)(C)C1=NCCN1c1ccc(N)cc1. The Morgan fingerprint density at radius 3 is 2.38 bits per heavy atom. The zero-order chi connectivity index (χ0) is 11.8. The van der Waals surface area contributed by atoms with Crippen LogP contribution in [0.4, 0.5) is 11.4 Å². The molecule has 3 nitrogen and oxygen atoms in total. The number of nitrogens with two attached hydrogens (primary N) is 1. The second-order valence-electron chi connectivity index (χ2n) is 5.20. The van der Waals surface area contributed by atoms with E-state index in [1.807, 2.05) is 12.1 Å². The number of nitrogen functional groups attached to an aromatic ring is 1. The standard InChI is InChI=1S/C13H19N3/c1-13(2,3)12-15-8-9-16(12)11-6-4-10(14)5-7-11/h4-7H,8-9,14H2,1-3H3. The second-order valence-corrected chi connectivity index (χ2v) is 5.20. The number of hydrogen-bond donors (Lipinski definition) is 1. The first-order valence-electron chi connectivity index (χ1n) is 5.66. The summed E-state index contributed by atoms with van der Waals surface area (Å²) < 4.78 is 0. The molecule has 1 aromatic rings. The van der Waals surface area contributed by atoms with Gasteiger partial charge in [-0.1, -0.05) is 20.8 Å². The van der Waals surface area contributed by atoms with Crippen molar-refractivity contribution in [2.24, 2.45) is 10.4 Å². The summed E-state index contributed by atoms with van der Waals surface area (Å²) in [6.45, 7) is 8.44. The smallest absolute Gasteiger partial charge is 0.109 e. The fraction of sp³-hybridized carbons (Fsp3) is 0.462. The number of amidine groups is 1. The minimum absolute atomic E-state index is 0.0951. The maximum Gasteiger partial charge on any atom is 0.109 e. The molecule has 1 heterocycles. The molecule has 1 aliphatic rings. The fourth-order valence-electron chi connectivity index (χ4n) is 1.99. The first-order chi connectivity index (χ1) is 7.48. The van der Waals surface area contributed by atoms with Crippen LogP contribution in [-0.2, 0) is 0 Å². The van der Waals surface area contributed by atoms with E-state index in [0.29, 0.717) is 0 Å². The van der Waals surface area contributed by atoms with Crippen molar-refractivity contribution >= 4 is 17.2 Å². The lowest BCUT2D eigenvalue weighted by atomic mass is 9.94. The lowest BCUT2D eigenvalue weighted by molar-refractivity contribution is 0.583. The number of hydrogen-bond acceptors (Lipinski definition) is 3. The van der Waals surface area contributed by atoms with E-state index in [-0.39, 0.29) is 5.41 Å². The quantitative estimate of drug-likeness (QED) is 0.734. The van der Waals surface area contributed by atoms with Crippen molar-refractivity contribution in [1.82, 2.24) is 0 Å².